The lowest BCUT2D eigenvalue weighted by Gasteiger charge is -2.23. The molecule has 0 fully saturated rings. The van der Waals surface area contributed by atoms with Crippen molar-refractivity contribution in [2.24, 2.45) is 10.9 Å². The number of hydrogen-bond acceptors (Lipinski definition) is 6. The topological polar surface area (TPSA) is 92.8 Å². The van der Waals surface area contributed by atoms with E-state index in [9.17, 15) is 9.18 Å². The van der Waals surface area contributed by atoms with Gasteiger partial charge >= 0.3 is 0 Å². The molecule has 2 rings (SSSR count). The number of aryl methyl sites for hydroxylation is 2. The molecule has 1 aliphatic rings. The molecule has 0 saturated heterocycles. The van der Waals surface area contributed by atoms with Crippen LogP contribution < -0.4 is 11.1 Å². The molecule has 36 heavy (non-hydrogen) atoms. The van der Waals surface area contributed by atoms with Gasteiger partial charge in [-0.1, -0.05) is 36.8 Å². The maximum absolute atomic E-state index is 13.7. The largest absolute Gasteiger partial charge is 0.384 e. The Morgan fingerprint density at radius 3 is 2.94 bits per heavy atom. The van der Waals surface area contributed by atoms with Gasteiger partial charge in [-0.15, -0.1) is 0 Å². The Morgan fingerprint density at radius 1 is 1.39 bits per heavy atom. The first-order valence-electron chi connectivity index (χ1n) is 12.1. The summed E-state index contributed by atoms with van der Waals surface area (Å²) in [6.07, 6.45) is 16.3. The first-order valence-corrected chi connectivity index (χ1v) is 12.1. The van der Waals surface area contributed by atoms with Gasteiger partial charge < -0.3 is 20.7 Å². The number of ether oxygens (including phenoxy) is 1. The molecule has 1 aromatic heterocycles. The highest BCUT2D eigenvalue weighted by atomic mass is 19.1. The Labute approximate surface area is 214 Å². The van der Waals surface area contributed by atoms with Gasteiger partial charge in [0.15, 0.2) is 0 Å². The zero-order valence-electron chi connectivity index (χ0n) is 21.7. The molecule has 1 amide bonds. The van der Waals surface area contributed by atoms with Crippen LogP contribution in [0.2, 0.25) is 0 Å². The van der Waals surface area contributed by atoms with Crippen molar-refractivity contribution in [1.29, 1.82) is 0 Å². The highest BCUT2D eigenvalue weighted by Gasteiger charge is 2.08. The number of nitrogens with zero attached hydrogens (tertiary/aromatic N) is 3. The predicted octanol–water partition coefficient (Wildman–Crippen LogP) is 4.71. The fourth-order valence-corrected chi connectivity index (χ4v) is 3.65. The van der Waals surface area contributed by atoms with Crippen molar-refractivity contribution >= 4 is 17.9 Å². The minimum atomic E-state index is -0.266. The zero-order chi connectivity index (χ0) is 26.3. The number of allylic oxidation sites excluding steroid dienone is 5. The van der Waals surface area contributed by atoms with Crippen LogP contribution in [0.25, 0.3) is 0 Å². The minimum absolute atomic E-state index is 0.195. The fourth-order valence-electron chi connectivity index (χ4n) is 3.65. The Kier molecular flexibility index (Phi) is 12.3. The normalized spacial score (nSPS) is 16.0. The molecule has 1 aromatic rings. The van der Waals surface area contributed by atoms with Gasteiger partial charge in [0.2, 0.25) is 5.91 Å². The number of nitrogens with two attached hydrogens (primary N) is 1. The molecule has 0 saturated carbocycles. The maximum atomic E-state index is 13.7. The van der Waals surface area contributed by atoms with Gasteiger partial charge in [0, 0.05) is 43.8 Å². The smallest absolute Gasteiger partial charge is 0.244 e. The summed E-state index contributed by atoms with van der Waals surface area (Å²) in [5.74, 6) is 0.238. The Hall–Kier alpha value is -3.52. The third kappa shape index (κ3) is 10.8. The maximum Gasteiger partial charge on any atom is 0.244 e. The SMILES string of the molecule is CC=C(C=CC(C)CN1C=C(F)C=CCOC1)CCN=CC=CC(=O)NCc1c(C)cc(N)nc1C. The lowest BCUT2D eigenvalue weighted by atomic mass is 10.1. The molecule has 0 aromatic carbocycles. The predicted molar refractivity (Wildman–Crippen MR) is 145 cm³/mol. The van der Waals surface area contributed by atoms with E-state index in [4.69, 9.17) is 10.5 Å². The van der Waals surface area contributed by atoms with E-state index in [1.807, 2.05) is 25.7 Å². The summed E-state index contributed by atoms with van der Waals surface area (Å²) < 4.78 is 19.2. The molecule has 7 nitrogen and oxygen atoms in total. The molecule has 3 N–H and O–H groups in total. The second-order valence-corrected chi connectivity index (χ2v) is 8.70. The second-order valence-electron chi connectivity index (χ2n) is 8.70. The van der Waals surface area contributed by atoms with Crippen LogP contribution in [0.3, 0.4) is 0 Å². The average molecular weight is 496 g/mol. The van der Waals surface area contributed by atoms with Crippen LogP contribution in [0.4, 0.5) is 10.2 Å². The van der Waals surface area contributed by atoms with Crippen LogP contribution in [0.5, 0.6) is 0 Å². The molecular formula is C28H38FN5O2. The van der Waals surface area contributed by atoms with E-state index in [1.54, 1.807) is 24.4 Å². The number of halogens is 1. The van der Waals surface area contributed by atoms with Crippen LogP contribution in [-0.4, -0.2) is 48.4 Å². The Balaban J connectivity index is 1.73. The molecule has 194 valence electrons. The van der Waals surface area contributed by atoms with Gasteiger partial charge in [-0.05, 0) is 62.5 Å². The summed E-state index contributed by atoms with van der Waals surface area (Å²) in [4.78, 5) is 22.5. The van der Waals surface area contributed by atoms with Crippen LogP contribution in [0.1, 0.15) is 37.1 Å². The quantitative estimate of drug-likeness (QED) is 0.264. The van der Waals surface area contributed by atoms with Gasteiger partial charge in [-0.25, -0.2) is 9.37 Å². The Bertz CT molecular complexity index is 1030. The van der Waals surface area contributed by atoms with E-state index < -0.39 is 0 Å². The molecule has 0 spiro atoms. The van der Waals surface area contributed by atoms with Gasteiger partial charge in [-0.2, -0.15) is 0 Å². The molecule has 1 aliphatic heterocycles. The first-order chi connectivity index (χ1) is 17.3. The number of aromatic nitrogens is 1. The van der Waals surface area contributed by atoms with Crippen LogP contribution in [0.15, 0.2) is 71.2 Å². The van der Waals surface area contributed by atoms with Crippen LogP contribution >= 0.6 is 0 Å². The number of nitrogen functional groups attached to an aromatic ring is 1. The number of amides is 1. The molecule has 2 heterocycles. The van der Waals surface area contributed by atoms with Crippen molar-refractivity contribution in [3.63, 3.8) is 0 Å². The number of rotatable bonds is 11. The Morgan fingerprint density at radius 2 is 2.19 bits per heavy atom. The first kappa shape index (κ1) is 28.7. The highest BCUT2D eigenvalue weighted by molar-refractivity contribution is 5.91. The van der Waals surface area contributed by atoms with Crippen molar-refractivity contribution in [2.45, 2.75) is 40.7 Å². The van der Waals surface area contributed by atoms with Crippen molar-refractivity contribution in [3.05, 3.63) is 83.0 Å². The molecule has 0 bridgehead atoms. The van der Waals surface area contributed by atoms with E-state index in [0.717, 1.165) is 28.8 Å². The molecule has 0 aliphatic carbocycles. The summed E-state index contributed by atoms with van der Waals surface area (Å²) in [6.45, 7) is 10.4. The minimum Gasteiger partial charge on any atom is -0.384 e. The van der Waals surface area contributed by atoms with Gasteiger partial charge in [0.1, 0.15) is 18.4 Å². The van der Waals surface area contributed by atoms with E-state index >= 15 is 0 Å². The summed E-state index contributed by atoms with van der Waals surface area (Å²) in [5, 5.41) is 2.86. The standard InChI is InChI=1S/C28H38FN5O2/c1-5-24(11-10-21(2)18-34-19-25(29)8-7-15-36-20-34)12-14-31-13-6-9-28(35)32-17-26-22(3)16-27(30)33-23(26)4/h5-11,13,16,19,21H,12,14-15,17-18,20H2,1-4H3,(H2,30,33)(H,32,35). The zero-order valence-corrected chi connectivity index (χ0v) is 21.7. The summed E-state index contributed by atoms with van der Waals surface area (Å²) >= 11 is 0. The third-order valence-corrected chi connectivity index (χ3v) is 5.57. The lowest BCUT2D eigenvalue weighted by molar-refractivity contribution is -0.116. The van der Waals surface area contributed by atoms with Gasteiger partial charge in [0.25, 0.3) is 0 Å². The van der Waals surface area contributed by atoms with E-state index in [0.29, 0.717) is 38.8 Å². The van der Waals surface area contributed by atoms with Crippen molar-refractivity contribution in [3.8, 4) is 0 Å². The monoisotopic (exact) mass is 495 g/mol. The molecule has 0 radical (unpaired) electrons. The molecule has 1 atom stereocenters. The fraction of sp³-hybridized carbons (Fsp3) is 0.393. The second kappa shape index (κ2) is 15.5. The van der Waals surface area contributed by atoms with Crippen molar-refractivity contribution < 1.29 is 13.9 Å². The van der Waals surface area contributed by atoms with E-state index in [-0.39, 0.29) is 17.7 Å². The number of aliphatic imine (C=N–C) groups is 1. The molecule has 1 unspecified atom stereocenters. The van der Waals surface area contributed by atoms with Gasteiger partial charge in [-0.3, -0.25) is 9.79 Å². The highest BCUT2D eigenvalue weighted by Crippen LogP contribution is 2.14. The number of carbonyl (C=O) groups is 1. The third-order valence-electron chi connectivity index (χ3n) is 5.57. The van der Waals surface area contributed by atoms with Gasteiger partial charge in [0.05, 0.1) is 6.61 Å². The number of nitrogens with one attached hydrogen (secondary N) is 1. The van der Waals surface area contributed by atoms with Crippen LogP contribution in [-0.2, 0) is 16.1 Å². The van der Waals surface area contributed by atoms with Crippen molar-refractivity contribution in [2.75, 3.05) is 32.2 Å². The average Bonchev–Trinajstić information content (AvgIpc) is 2.80. The number of hydrogen-bond donors (Lipinski definition) is 2. The summed E-state index contributed by atoms with van der Waals surface area (Å²) in [6, 6.07) is 1.80. The molecular weight excluding hydrogens is 457 g/mol. The number of carbonyl (C=O) groups excluding carboxylic acids is 1. The number of pyridine rings is 1. The molecule has 8 heteroatoms. The lowest BCUT2D eigenvalue weighted by Crippen LogP contribution is -2.26. The summed E-state index contributed by atoms with van der Waals surface area (Å²) in [5.41, 5.74) is 9.70. The van der Waals surface area contributed by atoms with E-state index in [1.165, 1.54) is 18.4 Å². The van der Waals surface area contributed by atoms with E-state index in [2.05, 4.69) is 40.4 Å². The summed E-state index contributed by atoms with van der Waals surface area (Å²) in [7, 11) is 0. The van der Waals surface area contributed by atoms with Crippen LogP contribution in [0, 0.1) is 19.8 Å². The van der Waals surface area contributed by atoms with Crippen molar-refractivity contribution in [1.82, 2.24) is 15.2 Å². The number of anilines is 1.